The van der Waals surface area contributed by atoms with Gasteiger partial charge < -0.3 is 9.47 Å². The summed E-state index contributed by atoms with van der Waals surface area (Å²) in [6.45, 7) is 3.32. The molecule has 2 unspecified atom stereocenters. The molecule has 2 rings (SSSR count). The second-order valence-electron chi connectivity index (χ2n) is 2.55. The minimum Gasteiger partial charge on any atom is -0.359 e. The maximum absolute atomic E-state index is 5.36. The molecule has 0 amide bonds. The molecule has 4 heteroatoms. The maximum Gasteiger partial charge on any atom is 0.136 e. The van der Waals surface area contributed by atoms with Gasteiger partial charge in [0.2, 0.25) is 0 Å². The molecule has 2 heterocycles. The third-order valence-electron chi connectivity index (χ3n) is 1.83. The van der Waals surface area contributed by atoms with Crippen molar-refractivity contribution in [3.05, 3.63) is 0 Å². The summed E-state index contributed by atoms with van der Waals surface area (Å²) in [5.74, 6) is 0. The van der Waals surface area contributed by atoms with Crippen LogP contribution < -0.4 is 10.6 Å². The molecule has 10 heavy (non-hydrogen) atoms. The standard InChI is InChI=1S/C6H12N2O2/c1-2-9-6(8-1)5-3-7-4-10-5/h5-8H,1-4H2. The summed E-state index contributed by atoms with van der Waals surface area (Å²) < 4.78 is 10.7. The van der Waals surface area contributed by atoms with Gasteiger partial charge in [0.15, 0.2) is 0 Å². The van der Waals surface area contributed by atoms with Crippen molar-refractivity contribution in [2.45, 2.75) is 12.3 Å². The highest BCUT2D eigenvalue weighted by atomic mass is 16.6. The van der Waals surface area contributed by atoms with E-state index in [4.69, 9.17) is 9.47 Å². The molecule has 4 nitrogen and oxygen atoms in total. The van der Waals surface area contributed by atoms with Gasteiger partial charge in [-0.05, 0) is 0 Å². The Morgan fingerprint density at radius 1 is 1.30 bits per heavy atom. The van der Waals surface area contributed by atoms with E-state index in [1.54, 1.807) is 0 Å². The quantitative estimate of drug-likeness (QED) is 0.489. The van der Waals surface area contributed by atoms with Crippen LogP contribution in [0.2, 0.25) is 0 Å². The van der Waals surface area contributed by atoms with E-state index in [1.807, 2.05) is 0 Å². The van der Waals surface area contributed by atoms with Crippen molar-refractivity contribution in [2.75, 3.05) is 26.4 Å². The molecule has 0 aliphatic carbocycles. The van der Waals surface area contributed by atoms with Gasteiger partial charge in [-0.15, -0.1) is 0 Å². The van der Waals surface area contributed by atoms with Crippen molar-refractivity contribution in [3.63, 3.8) is 0 Å². The highest BCUT2D eigenvalue weighted by molar-refractivity contribution is 4.77. The van der Waals surface area contributed by atoms with E-state index in [9.17, 15) is 0 Å². The first-order chi connectivity index (χ1) is 4.97. The van der Waals surface area contributed by atoms with Crippen LogP contribution in [0.1, 0.15) is 0 Å². The lowest BCUT2D eigenvalue weighted by Gasteiger charge is -2.15. The van der Waals surface area contributed by atoms with E-state index in [1.165, 1.54) is 0 Å². The van der Waals surface area contributed by atoms with E-state index >= 15 is 0 Å². The van der Waals surface area contributed by atoms with Crippen molar-refractivity contribution in [1.29, 1.82) is 0 Å². The normalized spacial score (nSPS) is 40.8. The van der Waals surface area contributed by atoms with Gasteiger partial charge in [-0.2, -0.15) is 0 Å². The average molecular weight is 144 g/mol. The van der Waals surface area contributed by atoms with E-state index in [-0.39, 0.29) is 12.3 Å². The Kier molecular flexibility index (Phi) is 1.86. The fourth-order valence-corrected chi connectivity index (χ4v) is 1.31. The summed E-state index contributed by atoms with van der Waals surface area (Å²) >= 11 is 0. The molecule has 2 aliphatic rings. The number of nitrogens with one attached hydrogen (secondary N) is 2. The fourth-order valence-electron chi connectivity index (χ4n) is 1.31. The maximum atomic E-state index is 5.36. The minimum atomic E-state index is 0.120. The van der Waals surface area contributed by atoms with Crippen molar-refractivity contribution in [1.82, 2.24) is 10.6 Å². The van der Waals surface area contributed by atoms with Crippen molar-refractivity contribution < 1.29 is 9.47 Å². The Morgan fingerprint density at radius 3 is 2.90 bits per heavy atom. The van der Waals surface area contributed by atoms with Gasteiger partial charge in [0.1, 0.15) is 12.3 Å². The second-order valence-corrected chi connectivity index (χ2v) is 2.55. The van der Waals surface area contributed by atoms with Crippen LogP contribution in [0.4, 0.5) is 0 Å². The first-order valence-corrected chi connectivity index (χ1v) is 3.64. The van der Waals surface area contributed by atoms with Crippen molar-refractivity contribution >= 4 is 0 Å². The summed E-state index contributed by atoms with van der Waals surface area (Å²) in [7, 11) is 0. The number of hydrogen-bond donors (Lipinski definition) is 2. The molecule has 0 radical (unpaired) electrons. The fraction of sp³-hybridized carbons (Fsp3) is 1.00. The Balaban J connectivity index is 1.85. The molecule has 2 atom stereocenters. The van der Waals surface area contributed by atoms with Gasteiger partial charge in [-0.3, -0.25) is 10.6 Å². The van der Waals surface area contributed by atoms with E-state index in [2.05, 4.69) is 10.6 Å². The first-order valence-electron chi connectivity index (χ1n) is 3.64. The van der Waals surface area contributed by atoms with Crippen LogP contribution in [-0.2, 0) is 9.47 Å². The Morgan fingerprint density at radius 2 is 2.30 bits per heavy atom. The monoisotopic (exact) mass is 144 g/mol. The molecule has 2 fully saturated rings. The second kappa shape index (κ2) is 2.84. The van der Waals surface area contributed by atoms with Crippen LogP contribution in [-0.4, -0.2) is 38.8 Å². The Hall–Kier alpha value is -0.160. The molecule has 0 aromatic carbocycles. The van der Waals surface area contributed by atoms with Crippen LogP contribution in [0, 0.1) is 0 Å². The lowest BCUT2D eigenvalue weighted by Crippen LogP contribution is -2.38. The van der Waals surface area contributed by atoms with Crippen LogP contribution in [0.5, 0.6) is 0 Å². The molecule has 0 aromatic rings. The van der Waals surface area contributed by atoms with Crippen molar-refractivity contribution in [2.24, 2.45) is 0 Å². The third kappa shape index (κ3) is 1.15. The van der Waals surface area contributed by atoms with E-state index in [0.717, 1.165) is 19.7 Å². The topological polar surface area (TPSA) is 42.5 Å². The zero-order valence-electron chi connectivity index (χ0n) is 5.80. The molecule has 0 spiro atoms. The van der Waals surface area contributed by atoms with Gasteiger partial charge in [-0.25, -0.2) is 0 Å². The van der Waals surface area contributed by atoms with Gasteiger partial charge >= 0.3 is 0 Å². The van der Waals surface area contributed by atoms with Crippen LogP contribution in [0.15, 0.2) is 0 Å². The Labute approximate surface area is 59.9 Å². The number of rotatable bonds is 1. The van der Waals surface area contributed by atoms with Gasteiger partial charge in [0.25, 0.3) is 0 Å². The van der Waals surface area contributed by atoms with Crippen LogP contribution >= 0.6 is 0 Å². The first kappa shape index (κ1) is 6.54. The lowest BCUT2D eigenvalue weighted by molar-refractivity contribution is -0.0215. The largest absolute Gasteiger partial charge is 0.359 e. The summed E-state index contributed by atoms with van der Waals surface area (Å²) in [5, 5.41) is 6.32. The lowest BCUT2D eigenvalue weighted by atomic mass is 10.3. The molecular weight excluding hydrogens is 132 g/mol. The zero-order valence-corrected chi connectivity index (χ0v) is 5.80. The van der Waals surface area contributed by atoms with E-state index < -0.39 is 0 Å². The van der Waals surface area contributed by atoms with Gasteiger partial charge in [0, 0.05) is 13.1 Å². The highest BCUT2D eigenvalue weighted by Crippen LogP contribution is 2.07. The SMILES string of the molecule is C1COC(C2CNCO2)N1. The molecule has 2 N–H and O–H groups in total. The predicted molar refractivity (Wildman–Crippen MR) is 35.5 cm³/mol. The molecule has 58 valence electrons. The molecule has 0 bridgehead atoms. The Bertz CT molecular complexity index is 94.3. The van der Waals surface area contributed by atoms with Gasteiger partial charge in [0.05, 0.1) is 13.3 Å². The molecule has 0 saturated carbocycles. The molecular formula is C6H12N2O2. The number of ether oxygens (including phenoxy) is 2. The van der Waals surface area contributed by atoms with Crippen LogP contribution in [0.3, 0.4) is 0 Å². The zero-order chi connectivity index (χ0) is 6.81. The summed E-state index contributed by atoms with van der Waals surface area (Å²) in [4.78, 5) is 0. The summed E-state index contributed by atoms with van der Waals surface area (Å²) in [5.41, 5.74) is 0. The molecule has 2 saturated heterocycles. The third-order valence-corrected chi connectivity index (χ3v) is 1.83. The number of hydrogen-bond acceptors (Lipinski definition) is 4. The smallest absolute Gasteiger partial charge is 0.136 e. The average Bonchev–Trinajstić information content (AvgIpc) is 2.59. The summed E-state index contributed by atoms with van der Waals surface area (Å²) in [6, 6.07) is 0. The predicted octanol–water partition coefficient (Wildman–Crippen LogP) is -1.12. The molecule has 2 aliphatic heterocycles. The minimum absolute atomic E-state index is 0.120. The highest BCUT2D eigenvalue weighted by Gasteiger charge is 2.28. The van der Waals surface area contributed by atoms with Gasteiger partial charge in [-0.1, -0.05) is 0 Å². The van der Waals surface area contributed by atoms with Crippen LogP contribution in [0.25, 0.3) is 0 Å². The summed E-state index contributed by atoms with van der Waals surface area (Å²) in [6.07, 6.45) is 0.331. The molecule has 0 aromatic heterocycles. The van der Waals surface area contributed by atoms with Crippen molar-refractivity contribution in [3.8, 4) is 0 Å². The van der Waals surface area contributed by atoms with E-state index in [0.29, 0.717) is 6.73 Å².